The highest BCUT2D eigenvalue weighted by Gasteiger charge is 2.33. The standard InChI is InChI=1S/C20H31N3O4/c1-20(2,3)13-23-9-8-21-19(25)16(23)11-18(24)22-12-14-6-7-15(26-4)10-17(14)27-5/h6-7,10,16H,8-9,11-13H2,1-5H3,(H,21,25)(H,22,24)/t16-/m1/s1. The molecular formula is C20H31N3O4. The third-order valence-corrected chi connectivity index (χ3v) is 4.47. The van der Waals surface area contributed by atoms with E-state index in [-0.39, 0.29) is 23.7 Å². The van der Waals surface area contributed by atoms with Gasteiger partial charge in [0.2, 0.25) is 11.8 Å². The number of rotatable bonds is 7. The summed E-state index contributed by atoms with van der Waals surface area (Å²) in [6.45, 7) is 8.87. The van der Waals surface area contributed by atoms with E-state index in [1.54, 1.807) is 20.3 Å². The lowest BCUT2D eigenvalue weighted by atomic mass is 9.94. The number of hydrogen-bond donors (Lipinski definition) is 2. The summed E-state index contributed by atoms with van der Waals surface area (Å²) in [5, 5.41) is 5.76. The van der Waals surface area contributed by atoms with Crippen LogP contribution >= 0.6 is 0 Å². The van der Waals surface area contributed by atoms with Gasteiger partial charge >= 0.3 is 0 Å². The second-order valence-corrected chi connectivity index (χ2v) is 8.00. The molecule has 7 heteroatoms. The summed E-state index contributed by atoms with van der Waals surface area (Å²) >= 11 is 0. The fourth-order valence-electron chi connectivity index (χ4n) is 3.22. The summed E-state index contributed by atoms with van der Waals surface area (Å²) in [6.07, 6.45) is 0.139. The van der Waals surface area contributed by atoms with Gasteiger partial charge in [0.25, 0.3) is 0 Å². The van der Waals surface area contributed by atoms with Crippen LogP contribution in [0.15, 0.2) is 18.2 Å². The maximum Gasteiger partial charge on any atom is 0.237 e. The smallest absolute Gasteiger partial charge is 0.237 e. The van der Waals surface area contributed by atoms with Crippen LogP contribution in [-0.2, 0) is 16.1 Å². The predicted molar refractivity (Wildman–Crippen MR) is 104 cm³/mol. The lowest BCUT2D eigenvalue weighted by molar-refractivity contribution is -0.134. The first kappa shape index (κ1) is 21.0. The first-order chi connectivity index (χ1) is 12.7. The molecule has 0 spiro atoms. The fourth-order valence-corrected chi connectivity index (χ4v) is 3.22. The highest BCUT2D eigenvalue weighted by Crippen LogP contribution is 2.24. The van der Waals surface area contributed by atoms with Crippen molar-refractivity contribution in [3.63, 3.8) is 0 Å². The molecule has 1 saturated heterocycles. The number of benzene rings is 1. The molecule has 1 aliphatic rings. The van der Waals surface area contributed by atoms with Gasteiger partial charge in [-0.15, -0.1) is 0 Å². The summed E-state index contributed by atoms with van der Waals surface area (Å²) in [4.78, 5) is 26.9. The zero-order valence-electron chi connectivity index (χ0n) is 16.9. The summed E-state index contributed by atoms with van der Waals surface area (Å²) < 4.78 is 10.5. The van der Waals surface area contributed by atoms with Gasteiger partial charge in [0.05, 0.1) is 26.7 Å². The summed E-state index contributed by atoms with van der Waals surface area (Å²) in [7, 11) is 3.17. The van der Waals surface area contributed by atoms with Gasteiger partial charge in [-0.2, -0.15) is 0 Å². The van der Waals surface area contributed by atoms with Crippen molar-refractivity contribution in [3.8, 4) is 11.5 Å². The first-order valence-corrected chi connectivity index (χ1v) is 9.23. The average Bonchev–Trinajstić information content (AvgIpc) is 2.61. The molecule has 2 rings (SSSR count). The molecule has 1 heterocycles. The van der Waals surface area contributed by atoms with Crippen molar-refractivity contribution in [1.82, 2.24) is 15.5 Å². The van der Waals surface area contributed by atoms with Crippen LogP contribution in [0.5, 0.6) is 11.5 Å². The SMILES string of the molecule is COc1ccc(CNC(=O)C[C@@H]2C(=O)NCCN2CC(C)(C)C)c(OC)c1. The van der Waals surface area contributed by atoms with Gasteiger partial charge in [-0.25, -0.2) is 0 Å². The number of methoxy groups -OCH3 is 2. The number of amides is 2. The second kappa shape index (κ2) is 9.08. The fraction of sp³-hybridized carbons (Fsp3) is 0.600. The highest BCUT2D eigenvalue weighted by atomic mass is 16.5. The quantitative estimate of drug-likeness (QED) is 0.754. The number of nitrogens with one attached hydrogen (secondary N) is 2. The van der Waals surface area contributed by atoms with E-state index >= 15 is 0 Å². The van der Waals surface area contributed by atoms with Crippen molar-refractivity contribution >= 4 is 11.8 Å². The lowest BCUT2D eigenvalue weighted by Gasteiger charge is -2.38. The molecule has 2 N–H and O–H groups in total. The molecule has 0 aliphatic carbocycles. The van der Waals surface area contributed by atoms with Gasteiger partial charge in [-0.1, -0.05) is 20.8 Å². The normalized spacial score (nSPS) is 18.0. The van der Waals surface area contributed by atoms with Crippen molar-refractivity contribution < 1.29 is 19.1 Å². The molecule has 7 nitrogen and oxygen atoms in total. The molecule has 0 bridgehead atoms. The predicted octanol–water partition coefficient (Wildman–Crippen LogP) is 1.56. The van der Waals surface area contributed by atoms with Gasteiger partial charge in [-0.05, 0) is 17.5 Å². The Morgan fingerprint density at radius 3 is 2.67 bits per heavy atom. The second-order valence-electron chi connectivity index (χ2n) is 8.00. The summed E-state index contributed by atoms with van der Waals surface area (Å²) in [6, 6.07) is 5.03. The monoisotopic (exact) mass is 377 g/mol. The largest absolute Gasteiger partial charge is 0.497 e. The molecule has 1 atom stereocenters. The molecule has 1 aliphatic heterocycles. The van der Waals surface area contributed by atoms with Gasteiger partial charge < -0.3 is 20.1 Å². The van der Waals surface area contributed by atoms with Crippen LogP contribution in [0, 0.1) is 5.41 Å². The number of piperazine rings is 1. The van der Waals surface area contributed by atoms with Gasteiger partial charge in [0.1, 0.15) is 11.5 Å². The third-order valence-electron chi connectivity index (χ3n) is 4.47. The van der Waals surface area contributed by atoms with E-state index in [1.165, 1.54) is 0 Å². The van der Waals surface area contributed by atoms with Crippen LogP contribution < -0.4 is 20.1 Å². The van der Waals surface area contributed by atoms with Crippen molar-refractivity contribution in [2.45, 2.75) is 39.8 Å². The molecule has 27 heavy (non-hydrogen) atoms. The number of nitrogens with zero attached hydrogens (tertiary/aromatic N) is 1. The maximum atomic E-state index is 12.5. The van der Waals surface area contributed by atoms with Crippen molar-refractivity contribution in [1.29, 1.82) is 0 Å². The molecule has 1 aromatic carbocycles. The van der Waals surface area contributed by atoms with E-state index in [2.05, 4.69) is 36.3 Å². The van der Waals surface area contributed by atoms with Crippen LogP contribution in [0.2, 0.25) is 0 Å². The summed E-state index contributed by atoms with van der Waals surface area (Å²) in [5.74, 6) is 1.11. The Labute approximate surface area is 161 Å². The van der Waals surface area contributed by atoms with E-state index in [4.69, 9.17) is 9.47 Å². The van der Waals surface area contributed by atoms with E-state index in [1.807, 2.05) is 12.1 Å². The molecule has 1 fully saturated rings. The van der Waals surface area contributed by atoms with Gasteiger partial charge in [0.15, 0.2) is 0 Å². The van der Waals surface area contributed by atoms with Crippen LogP contribution in [0.4, 0.5) is 0 Å². The number of hydrogen-bond acceptors (Lipinski definition) is 5. The van der Waals surface area contributed by atoms with Crippen molar-refractivity contribution in [2.75, 3.05) is 33.9 Å². The van der Waals surface area contributed by atoms with Crippen molar-refractivity contribution in [3.05, 3.63) is 23.8 Å². The number of carbonyl (C=O) groups is 2. The van der Waals surface area contributed by atoms with E-state index in [0.29, 0.717) is 24.6 Å². The summed E-state index contributed by atoms with van der Waals surface area (Å²) in [5.41, 5.74) is 0.911. The minimum Gasteiger partial charge on any atom is -0.497 e. The Balaban J connectivity index is 1.98. The first-order valence-electron chi connectivity index (χ1n) is 9.23. The molecule has 0 saturated carbocycles. The Morgan fingerprint density at radius 1 is 1.30 bits per heavy atom. The van der Waals surface area contributed by atoms with Gasteiger partial charge in [0, 0.05) is 37.8 Å². The van der Waals surface area contributed by atoms with Crippen LogP contribution in [0.1, 0.15) is 32.8 Å². The molecule has 0 radical (unpaired) electrons. The highest BCUT2D eigenvalue weighted by molar-refractivity contribution is 5.88. The molecular weight excluding hydrogens is 346 g/mol. The maximum absolute atomic E-state index is 12.5. The van der Waals surface area contributed by atoms with Crippen LogP contribution in [-0.4, -0.2) is 56.6 Å². The van der Waals surface area contributed by atoms with Gasteiger partial charge in [-0.3, -0.25) is 14.5 Å². The molecule has 2 amide bonds. The number of carbonyl (C=O) groups excluding carboxylic acids is 2. The zero-order valence-corrected chi connectivity index (χ0v) is 16.9. The Kier molecular flexibility index (Phi) is 7.07. The van der Waals surface area contributed by atoms with Crippen LogP contribution in [0.3, 0.4) is 0 Å². The Hall–Kier alpha value is -2.28. The Morgan fingerprint density at radius 2 is 2.04 bits per heavy atom. The topological polar surface area (TPSA) is 79.9 Å². The molecule has 0 aromatic heterocycles. The minimum atomic E-state index is -0.435. The Bertz CT molecular complexity index is 670. The van der Waals surface area contributed by atoms with E-state index in [0.717, 1.165) is 18.7 Å². The van der Waals surface area contributed by atoms with E-state index in [9.17, 15) is 9.59 Å². The van der Waals surface area contributed by atoms with Crippen LogP contribution in [0.25, 0.3) is 0 Å². The minimum absolute atomic E-state index is 0.0583. The third kappa shape index (κ3) is 6.13. The molecule has 150 valence electrons. The van der Waals surface area contributed by atoms with E-state index < -0.39 is 6.04 Å². The number of ether oxygens (including phenoxy) is 2. The van der Waals surface area contributed by atoms with Crippen molar-refractivity contribution in [2.24, 2.45) is 5.41 Å². The molecule has 1 aromatic rings. The average molecular weight is 377 g/mol. The molecule has 0 unspecified atom stereocenters. The zero-order chi connectivity index (χ0) is 20.0. The lowest BCUT2D eigenvalue weighted by Crippen LogP contribution is -2.58.